The zero-order chi connectivity index (χ0) is 15.8. The van der Waals surface area contributed by atoms with E-state index in [4.69, 9.17) is 5.73 Å². The van der Waals surface area contributed by atoms with Crippen LogP contribution in [-0.4, -0.2) is 53.3 Å². The largest absolute Gasteiger partial charge is 0.352 e. The van der Waals surface area contributed by atoms with Crippen LogP contribution < -0.4 is 11.1 Å². The summed E-state index contributed by atoms with van der Waals surface area (Å²) in [6.07, 6.45) is 3.45. The molecular formula is C15H29N5O. The molecule has 0 bridgehead atoms. The highest BCUT2D eigenvalue weighted by molar-refractivity contribution is 5.94. The van der Waals surface area contributed by atoms with E-state index in [1.165, 1.54) is 0 Å². The molecule has 0 aromatic carbocycles. The Balaban J connectivity index is 2.40. The molecule has 0 spiro atoms. The molecule has 1 aromatic rings. The minimum Gasteiger partial charge on any atom is -0.352 e. The van der Waals surface area contributed by atoms with Crippen LogP contribution in [0.15, 0.2) is 6.20 Å². The predicted octanol–water partition coefficient (Wildman–Crippen LogP) is 1.00. The second-order valence-electron chi connectivity index (χ2n) is 5.69. The van der Waals surface area contributed by atoms with Gasteiger partial charge in [0, 0.05) is 24.8 Å². The topological polar surface area (TPSA) is 76.2 Å². The predicted molar refractivity (Wildman–Crippen MR) is 85.4 cm³/mol. The number of nitrogens with zero attached hydrogens (tertiary/aromatic N) is 3. The molecule has 6 nitrogen and oxygen atoms in total. The van der Waals surface area contributed by atoms with Crippen molar-refractivity contribution in [2.24, 2.45) is 5.73 Å². The van der Waals surface area contributed by atoms with E-state index in [2.05, 4.69) is 36.2 Å². The number of carbonyl (C=O) groups is 1. The molecule has 0 aliphatic carbocycles. The third kappa shape index (κ3) is 5.47. The molecule has 0 unspecified atom stereocenters. The van der Waals surface area contributed by atoms with Gasteiger partial charge in [0.05, 0.1) is 11.8 Å². The molecule has 120 valence electrons. The fraction of sp³-hybridized carbons (Fsp3) is 0.733. The molecule has 0 saturated carbocycles. The summed E-state index contributed by atoms with van der Waals surface area (Å²) in [5.74, 6) is -0.0429. The lowest BCUT2D eigenvalue weighted by atomic mass is 10.2. The van der Waals surface area contributed by atoms with E-state index in [1.54, 1.807) is 6.20 Å². The van der Waals surface area contributed by atoms with Crippen LogP contribution in [0.3, 0.4) is 0 Å². The Labute approximate surface area is 127 Å². The van der Waals surface area contributed by atoms with E-state index >= 15 is 0 Å². The van der Waals surface area contributed by atoms with Crippen molar-refractivity contribution in [1.29, 1.82) is 0 Å². The quantitative estimate of drug-likeness (QED) is 0.666. The molecule has 0 radical (unpaired) electrons. The summed E-state index contributed by atoms with van der Waals surface area (Å²) in [6.45, 7) is 9.30. The Morgan fingerprint density at radius 3 is 2.81 bits per heavy atom. The van der Waals surface area contributed by atoms with Crippen molar-refractivity contribution in [1.82, 2.24) is 20.0 Å². The highest BCUT2D eigenvalue weighted by atomic mass is 16.1. The summed E-state index contributed by atoms with van der Waals surface area (Å²) in [5.41, 5.74) is 7.05. The van der Waals surface area contributed by atoms with Gasteiger partial charge in [-0.25, -0.2) is 0 Å². The van der Waals surface area contributed by atoms with Gasteiger partial charge in [0.15, 0.2) is 0 Å². The maximum Gasteiger partial charge on any atom is 0.254 e. The van der Waals surface area contributed by atoms with Gasteiger partial charge in [0.25, 0.3) is 5.91 Å². The molecule has 0 saturated heterocycles. The van der Waals surface area contributed by atoms with Crippen LogP contribution in [0.4, 0.5) is 0 Å². The monoisotopic (exact) mass is 295 g/mol. The maximum atomic E-state index is 12.1. The molecule has 1 heterocycles. The van der Waals surface area contributed by atoms with Crippen molar-refractivity contribution in [3.05, 3.63) is 17.5 Å². The van der Waals surface area contributed by atoms with Crippen LogP contribution >= 0.6 is 0 Å². The molecule has 0 aliphatic heterocycles. The molecule has 21 heavy (non-hydrogen) atoms. The fourth-order valence-electron chi connectivity index (χ4n) is 2.02. The third-order valence-corrected chi connectivity index (χ3v) is 3.78. The first-order valence-electron chi connectivity index (χ1n) is 7.68. The number of amides is 1. The fourth-order valence-corrected chi connectivity index (χ4v) is 2.02. The Morgan fingerprint density at radius 1 is 1.48 bits per heavy atom. The van der Waals surface area contributed by atoms with Crippen molar-refractivity contribution in [3.63, 3.8) is 0 Å². The summed E-state index contributed by atoms with van der Waals surface area (Å²) >= 11 is 0. The summed E-state index contributed by atoms with van der Waals surface area (Å²) in [5, 5.41) is 7.21. The third-order valence-electron chi connectivity index (χ3n) is 3.78. The Kier molecular flexibility index (Phi) is 7.39. The van der Waals surface area contributed by atoms with E-state index in [1.807, 2.05) is 11.6 Å². The lowest BCUT2D eigenvalue weighted by molar-refractivity contribution is 0.0951. The first-order valence-corrected chi connectivity index (χ1v) is 7.68. The number of hydrogen-bond donors (Lipinski definition) is 2. The number of aromatic nitrogens is 2. The Hall–Kier alpha value is -1.40. The average molecular weight is 295 g/mol. The Morgan fingerprint density at radius 2 is 2.19 bits per heavy atom. The van der Waals surface area contributed by atoms with E-state index in [-0.39, 0.29) is 5.91 Å². The van der Waals surface area contributed by atoms with E-state index in [0.717, 1.165) is 31.6 Å². The minimum absolute atomic E-state index is 0.0429. The first-order chi connectivity index (χ1) is 9.97. The number of nitrogens with one attached hydrogen (secondary N) is 1. The van der Waals surface area contributed by atoms with Gasteiger partial charge in [-0.2, -0.15) is 5.10 Å². The second kappa shape index (κ2) is 8.79. The van der Waals surface area contributed by atoms with Gasteiger partial charge in [-0.15, -0.1) is 0 Å². The lowest BCUT2D eigenvalue weighted by Gasteiger charge is -2.20. The smallest absolute Gasteiger partial charge is 0.254 e. The van der Waals surface area contributed by atoms with Gasteiger partial charge in [-0.05, 0) is 53.8 Å². The van der Waals surface area contributed by atoms with Gasteiger partial charge in [-0.1, -0.05) is 0 Å². The average Bonchev–Trinajstić information content (AvgIpc) is 2.81. The standard InChI is InChI=1S/C15H29N5O/c1-12(2)19(4)9-6-8-17-15(21)14-11-18-20(13(14)3)10-5-7-16/h11-12H,5-10,16H2,1-4H3,(H,17,21). The molecule has 6 heteroatoms. The van der Waals surface area contributed by atoms with Crippen LogP contribution in [0.1, 0.15) is 42.7 Å². The zero-order valence-electron chi connectivity index (χ0n) is 13.7. The number of rotatable bonds is 9. The van der Waals surface area contributed by atoms with Crippen LogP contribution in [0.2, 0.25) is 0 Å². The summed E-state index contributed by atoms with van der Waals surface area (Å²) < 4.78 is 1.84. The molecule has 1 rings (SSSR count). The normalized spacial score (nSPS) is 11.4. The molecule has 0 atom stereocenters. The number of carbonyl (C=O) groups excluding carboxylic acids is 1. The number of nitrogens with two attached hydrogens (primary N) is 1. The zero-order valence-corrected chi connectivity index (χ0v) is 13.7. The first kappa shape index (κ1) is 17.7. The maximum absolute atomic E-state index is 12.1. The van der Waals surface area contributed by atoms with E-state index in [9.17, 15) is 4.79 Å². The van der Waals surface area contributed by atoms with Gasteiger partial charge >= 0.3 is 0 Å². The van der Waals surface area contributed by atoms with E-state index in [0.29, 0.717) is 24.7 Å². The molecule has 0 aliphatic rings. The van der Waals surface area contributed by atoms with Gasteiger partial charge < -0.3 is 16.0 Å². The van der Waals surface area contributed by atoms with Crippen LogP contribution in [0, 0.1) is 6.92 Å². The SMILES string of the molecule is Cc1c(C(=O)NCCCN(C)C(C)C)cnn1CCCN. The lowest BCUT2D eigenvalue weighted by Crippen LogP contribution is -2.31. The summed E-state index contributed by atoms with van der Waals surface area (Å²) in [6, 6.07) is 0.531. The van der Waals surface area contributed by atoms with E-state index < -0.39 is 0 Å². The van der Waals surface area contributed by atoms with Gasteiger partial charge in [-0.3, -0.25) is 9.48 Å². The molecular weight excluding hydrogens is 266 g/mol. The summed E-state index contributed by atoms with van der Waals surface area (Å²) in [7, 11) is 2.10. The van der Waals surface area contributed by atoms with Gasteiger partial charge in [0.2, 0.25) is 0 Å². The van der Waals surface area contributed by atoms with Crippen molar-refractivity contribution in [3.8, 4) is 0 Å². The molecule has 1 amide bonds. The highest BCUT2D eigenvalue weighted by Crippen LogP contribution is 2.07. The second-order valence-corrected chi connectivity index (χ2v) is 5.69. The molecule has 0 fully saturated rings. The highest BCUT2D eigenvalue weighted by Gasteiger charge is 2.13. The number of hydrogen-bond acceptors (Lipinski definition) is 4. The van der Waals surface area contributed by atoms with Crippen molar-refractivity contribution in [2.75, 3.05) is 26.7 Å². The minimum atomic E-state index is -0.0429. The van der Waals surface area contributed by atoms with Crippen molar-refractivity contribution >= 4 is 5.91 Å². The van der Waals surface area contributed by atoms with Crippen molar-refractivity contribution in [2.45, 2.75) is 46.2 Å². The summed E-state index contributed by atoms with van der Waals surface area (Å²) in [4.78, 5) is 14.4. The van der Waals surface area contributed by atoms with Crippen LogP contribution in [-0.2, 0) is 6.54 Å². The van der Waals surface area contributed by atoms with Gasteiger partial charge in [0.1, 0.15) is 0 Å². The molecule has 3 N–H and O–H groups in total. The number of aryl methyl sites for hydroxylation is 1. The molecule has 1 aromatic heterocycles. The van der Waals surface area contributed by atoms with Crippen LogP contribution in [0.25, 0.3) is 0 Å². The Bertz CT molecular complexity index is 441. The van der Waals surface area contributed by atoms with Crippen molar-refractivity contribution < 1.29 is 4.79 Å². The van der Waals surface area contributed by atoms with Crippen LogP contribution in [0.5, 0.6) is 0 Å².